The Kier molecular flexibility index (Phi) is 6.98. The van der Waals surface area contributed by atoms with Crippen molar-refractivity contribution >= 4 is 17.5 Å². The standard InChI is InChI=1S/C26H20F2N2O4/c27-19-6-4-18(5-7-19)25(31)30-21-3-1-2-17(14-21)15-29-26(32)24-13-12-23(34-24)16-33-22-10-8-20(28)9-11-22/h1-14H,15-16H2,(H,29,32)(H,30,31). The van der Waals surface area contributed by atoms with Gasteiger partial charge in [0.05, 0.1) is 0 Å². The molecule has 6 nitrogen and oxygen atoms in total. The molecule has 0 radical (unpaired) electrons. The average molecular weight is 462 g/mol. The molecule has 0 unspecified atom stereocenters. The van der Waals surface area contributed by atoms with Gasteiger partial charge in [0.2, 0.25) is 0 Å². The summed E-state index contributed by atoms with van der Waals surface area (Å²) in [5.74, 6) is -0.502. The minimum atomic E-state index is -0.418. The van der Waals surface area contributed by atoms with Crippen molar-refractivity contribution in [3.8, 4) is 5.75 Å². The van der Waals surface area contributed by atoms with E-state index in [4.69, 9.17) is 9.15 Å². The third-order valence-corrected chi connectivity index (χ3v) is 4.82. The van der Waals surface area contributed by atoms with Crippen LogP contribution in [0.25, 0.3) is 0 Å². The zero-order valence-corrected chi connectivity index (χ0v) is 17.9. The van der Waals surface area contributed by atoms with E-state index in [1.165, 1.54) is 54.6 Å². The molecule has 0 saturated heterocycles. The number of hydrogen-bond donors (Lipinski definition) is 2. The van der Waals surface area contributed by atoms with E-state index in [1.54, 1.807) is 30.3 Å². The van der Waals surface area contributed by atoms with E-state index in [0.717, 1.165) is 5.56 Å². The summed E-state index contributed by atoms with van der Waals surface area (Å²) in [6.07, 6.45) is 0. The Morgan fingerprint density at radius 1 is 0.824 bits per heavy atom. The molecule has 8 heteroatoms. The van der Waals surface area contributed by atoms with Crippen LogP contribution in [0.15, 0.2) is 89.3 Å². The highest BCUT2D eigenvalue weighted by Crippen LogP contribution is 2.16. The highest BCUT2D eigenvalue weighted by Gasteiger charge is 2.12. The minimum absolute atomic E-state index is 0.0920. The van der Waals surface area contributed by atoms with Gasteiger partial charge in [-0.25, -0.2) is 8.78 Å². The fraction of sp³-hybridized carbons (Fsp3) is 0.0769. The molecule has 3 aromatic carbocycles. The summed E-state index contributed by atoms with van der Waals surface area (Å²) in [6.45, 7) is 0.302. The van der Waals surface area contributed by atoms with Crippen LogP contribution in [0.2, 0.25) is 0 Å². The second-order valence-corrected chi connectivity index (χ2v) is 7.35. The summed E-state index contributed by atoms with van der Waals surface area (Å²) in [6, 6.07) is 21.0. The van der Waals surface area contributed by atoms with Gasteiger partial charge in [-0.1, -0.05) is 12.1 Å². The van der Waals surface area contributed by atoms with E-state index in [-0.39, 0.29) is 30.6 Å². The van der Waals surface area contributed by atoms with Gasteiger partial charge in [-0.15, -0.1) is 0 Å². The lowest BCUT2D eigenvalue weighted by atomic mass is 10.1. The minimum Gasteiger partial charge on any atom is -0.486 e. The fourth-order valence-corrected chi connectivity index (χ4v) is 3.10. The van der Waals surface area contributed by atoms with Gasteiger partial charge in [-0.3, -0.25) is 9.59 Å². The first-order chi connectivity index (χ1) is 16.5. The summed E-state index contributed by atoms with van der Waals surface area (Å²) >= 11 is 0. The zero-order chi connectivity index (χ0) is 23.9. The number of furan rings is 1. The van der Waals surface area contributed by atoms with Gasteiger partial charge >= 0.3 is 0 Å². The van der Waals surface area contributed by atoms with Gasteiger partial charge in [-0.2, -0.15) is 0 Å². The Morgan fingerprint density at radius 3 is 2.26 bits per heavy atom. The maximum absolute atomic E-state index is 13.0. The molecule has 0 spiro atoms. The van der Waals surface area contributed by atoms with Gasteiger partial charge in [0.15, 0.2) is 5.76 Å². The van der Waals surface area contributed by atoms with Crippen LogP contribution in [0, 0.1) is 11.6 Å². The Morgan fingerprint density at radius 2 is 1.53 bits per heavy atom. The Bertz CT molecular complexity index is 1280. The first-order valence-corrected chi connectivity index (χ1v) is 10.4. The van der Waals surface area contributed by atoms with Crippen LogP contribution in [0.1, 0.15) is 32.2 Å². The first-order valence-electron chi connectivity index (χ1n) is 10.4. The molecule has 1 heterocycles. The molecule has 0 aliphatic carbocycles. The normalized spacial score (nSPS) is 10.5. The predicted molar refractivity (Wildman–Crippen MR) is 121 cm³/mol. The topological polar surface area (TPSA) is 80.6 Å². The van der Waals surface area contributed by atoms with E-state index in [0.29, 0.717) is 22.8 Å². The molecule has 0 aliphatic rings. The molecule has 2 amide bonds. The summed E-state index contributed by atoms with van der Waals surface area (Å²) in [5.41, 5.74) is 1.63. The number of carbonyl (C=O) groups is 2. The predicted octanol–water partition coefficient (Wildman–Crippen LogP) is 5.32. The third kappa shape index (κ3) is 6.07. The Labute approximate surface area is 194 Å². The van der Waals surface area contributed by atoms with Gasteiger partial charge < -0.3 is 19.8 Å². The summed E-state index contributed by atoms with van der Waals surface area (Å²) in [4.78, 5) is 24.7. The molecule has 4 aromatic rings. The molecular formula is C26H20F2N2O4. The van der Waals surface area contributed by atoms with Crippen molar-refractivity contribution in [3.05, 3.63) is 119 Å². The molecule has 0 atom stereocenters. The highest BCUT2D eigenvalue weighted by atomic mass is 19.1. The van der Waals surface area contributed by atoms with Crippen LogP contribution < -0.4 is 15.4 Å². The number of ether oxygens (including phenoxy) is 1. The van der Waals surface area contributed by atoms with E-state index >= 15 is 0 Å². The van der Waals surface area contributed by atoms with Gasteiger partial charge in [0.25, 0.3) is 11.8 Å². The lowest BCUT2D eigenvalue weighted by molar-refractivity contribution is 0.0918. The number of amides is 2. The molecule has 0 bridgehead atoms. The largest absolute Gasteiger partial charge is 0.486 e. The third-order valence-electron chi connectivity index (χ3n) is 4.82. The monoisotopic (exact) mass is 462 g/mol. The van der Waals surface area contributed by atoms with Crippen molar-refractivity contribution in [1.29, 1.82) is 0 Å². The van der Waals surface area contributed by atoms with Gasteiger partial charge in [0.1, 0.15) is 29.8 Å². The maximum atomic E-state index is 13.0. The van der Waals surface area contributed by atoms with Crippen LogP contribution in [-0.4, -0.2) is 11.8 Å². The number of nitrogens with one attached hydrogen (secondary N) is 2. The van der Waals surface area contributed by atoms with Gasteiger partial charge in [-0.05, 0) is 78.4 Å². The molecule has 0 saturated carbocycles. The van der Waals surface area contributed by atoms with Crippen LogP contribution in [0.3, 0.4) is 0 Å². The zero-order valence-electron chi connectivity index (χ0n) is 17.9. The molecule has 0 fully saturated rings. The lowest BCUT2D eigenvalue weighted by Crippen LogP contribution is -2.22. The SMILES string of the molecule is O=C(Nc1cccc(CNC(=O)c2ccc(COc3ccc(F)cc3)o2)c1)c1ccc(F)cc1. The highest BCUT2D eigenvalue weighted by molar-refractivity contribution is 6.04. The van der Waals surface area contributed by atoms with Crippen molar-refractivity contribution in [1.82, 2.24) is 5.32 Å². The van der Waals surface area contributed by atoms with Crippen molar-refractivity contribution in [2.45, 2.75) is 13.2 Å². The van der Waals surface area contributed by atoms with E-state index in [1.807, 2.05) is 0 Å². The van der Waals surface area contributed by atoms with Gasteiger partial charge in [0, 0.05) is 17.8 Å². The molecule has 1 aromatic heterocycles. The van der Waals surface area contributed by atoms with Crippen molar-refractivity contribution in [3.63, 3.8) is 0 Å². The fourth-order valence-electron chi connectivity index (χ4n) is 3.10. The maximum Gasteiger partial charge on any atom is 0.287 e. The van der Waals surface area contributed by atoms with Crippen molar-refractivity contribution in [2.75, 3.05) is 5.32 Å². The van der Waals surface area contributed by atoms with Crippen LogP contribution >= 0.6 is 0 Å². The summed E-state index contributed by atoms with van der Waals surface area (Å²) in [7, 11) is 0. The molecule has 172 valence electrons. The van der Waals surface area contributed by atoms with Crippen LogP contribution in [0.5, 0.6) is 5.75 Å². The number of halogens is 2. The molecular weight excluding hydrogens is 442 g/mol. The van der Waals surface area contributed by atoms with E-state index in [2.05, 4.69) is 10.6 Å². The van der Waals surface area contributed by atoms with Crippen LogP contribution in [0.4, 0.5) is 14.5 Å². The first kappa shape index (κ1) is 22.7. The Hall–Kier alpha value is -4.46. The summed E-state index contributed by atoms with van der Waals surface area (Å²) < 4.78 is 37.0. The van der Waals surface area contributed by atoms with E-state index < -0.39 is 11.7 Å². The second kappa shape index (κ2) is 10.4. The van der Waals surface area contributed by atoms with Crippen molar-refractivity contribution in [2.24, 2.45) is 0 Å². The Balaban J connectivity index is 1.29. The quantitative estimate of drug-likeness (QED) is 0.372. The lowest BCUT2D eigenvalue weighted by Gasteiger charge is -2.08. The van der Waals surface area contributed by atoms with Crippen LogP contribution in [-0.2, 0) is 13.2 Å². The number of rotatable bonds is 8. The molecule has 4 rings (SSSR count). The number of carbonyl (C=O) groups excluding carboxylic acids is 2. The number of hydrogen-bond acceptors (Lipinski definition) is 4. The summed E-state index contributed by atoms with van der Waals surface area (Å²) in [5, 5.41) is 5.50. The smallest absolute Gasteiger partial charge is 0.287 e. The number of anilines is 1. The second-order valence-electron chi connectivity index (χ2n) is 7.35. The molecule has 34 heavy (non-hydrogen) atoms. The van der Waals surface area contributed by atoms with E-state index in [9.17, 15) is 18.4 Å². The van der Waals surface area contributed by atoms with Crippen molar-refractivity contribution < 1.29 is 27.5 Å². The molecule has 0 aliphatic heterocycles. The molecule has 2 N–H and O–H groups in total. The average Bonchev–Trinajstić information content (AvgIpc) is 3.32. The number of benzene rings is 3.